The number of urea groups is 1. The van der Waals surface area contributed by atoms with Crippen molar-refractivity contribution in [2.24, 2.45) is 0 Å². The number of hydrogen-bond acceptors (Lipinski definition) is 6. The molecular weight excluding hydrogens is 535 g/mol. The van der Waals surface area contributed by atoms with Crippen LogP contribution in [0, 0.1) is 19.7 Å². The topological polar surface area (TPSA) is 76.4 Å². The van der Waals surface area contributed by atoms with Crippen LogP contribution in [-0.2, 0) is 4.79 Å². The Balaban J connectivity index is 1.50. The number of nitrogens with zero attached hydrogens (tertiary/aromatic N) is 6. The van der Waals surface area contributed by atoms with Gasteiger partial charge in [0.25, 0.3) is 0 Å². The molecule has 226 valence electrons. The molecule has 1 aliphatic heterocycles. The first-order chi connectivity index (χ1) is 20.2. The molecule has 2 heterocycles. The van der Waals surface area contributed by atoms with Crippen LogP contribution in [0.1, 0.15) is 50.8 Å². The molecule has 1 unspecified atom stereocenters. The molecule has 1 saturated heterocycles. The van der Waals surface area contributed by atoms with E-state index in [9.17, 15) is 9.59 Å². The van der Waals surface area contributed by atoms with Crippen LogP contribution in [0.3, 0.4) is 0 Å². The standard InChI is InChI=1S/C32H43FN6O3/c1-7-35(8-2)31(40)30(25-14-12-11-13-15-25)37-20-18-36(19-21-37)28-17-16-26(22-27(28)33)38(9-3)32(41)39(10-4)29-23(5)34-42-24(29)6/h11-17,22,30H,7-10,18-21H2,1-6H3. The van der Waals surface area contributed by atoms with E-state index in [-0.39, 0.29) is 23.8 Å². The van der Waals surface area contributed by atoms with Gasteiger partial charge in [0.2, 0.25) is 5.91 Å². The SMILES string of the molecule is CCN(CC)C(=O)C(c1ccccc1)N1CCN(c2ccc(N(CC)C(=O)N(CC)c3c(C)noc3C)cc2F)CC1. The Labute approximate surface area is 248 Å². The van der Waals surface area contributed by atoms with Gasteiger partial charge in [0.1, 0.15) is 23.2 Å². The lowest BCUT2D eigenvalue weighted by atomic mass is 10.0. The first-order valence-electron chi connectivity index (χ1n) is 14.9. The van der Waals surface area contributed by atoms with Gasteiger partial charge in [-0.15, -0.1) is 0 Å². The van der Waals surface area contributed by atoms with Gasteiger partial charge in [-0.3, -0.25) is 19.5 Å². The minimum absolute atomic E-state index is 0.0946. The number of rotatable bonds is 10. The van der Waals surface area contributed by atoms with Gasteiger partial charge in [-0.1, -0.05) is 35.5 Å². The molecule has 0 spiro atoms. The van der Waals surface area contributed by atoms with Gasteiger partial charge in [0.05, 0.1) is 5.69 Å². The van der Waals surface area contributed by atoms with Crippen molar-refractivity contribution in [1.82, 2.24) is 15.0 Å². The first kappa shape index (κ1) is 31.0. The lowest BCUT2D eigenvalue weighted by molar-refractivity contribution is -0.137. The number of carbonyl (C=O) groups is 2. The summed E-state index contributed by atoms with van der Waals surface area (Å²) < 4.78 is 20.9. The van der Waals surface area contributed by atoms with E-state index in [1.54, 1.807) is 35.8 Å². The molecular formula is C32H43FN6O3. The van der Waals surface area contributed by atoms with E-state index in [0.717, 1.165) is 5.56 Å². The summed E-state index contributed by atoms with van der Waals surface area (Å²) in [6.07, 6.45) is 0. The number of halogens is 1. The van der Waals surface area contributed by atoms with Crippen molar-refractivity contribution in [1.29, 1.82) is 0 Å². The Hall–Kier alpha value is -3.92. The number of anilines is 3. The molecule has 1 fully saturated rings. The third-order valence-electron chi connectivity index (χ3n) is 8.05. The summed E-state index contributed by atoms with van der Waals surface area (Å²) in [6.45, 7) is 15.8. The van der Waals surface area contributed by atoms with Crippen molar-refractivity contribution < 1.29 is 18.5 Å². The summed E-state index contributed by atoms with van der Waals surface area (Å²) in [5.74, 6) is 0.274. The van der Waals surface area contributed by atoms with Crippen LogP contribution in [0.5, 0.6) is 0 Å². The molecule has 3 aromatic rings. The zero-order valence-electron chi connectivity index (χ0n) is 25.6. The Morgan fingerprint density at radius 2 is 1.55 bits per heavy atom. The Morgan fingerprint density at radius 3 is 2.07 bits per heavy atom. The monoisotopic (exact) mass is 578 g/mol. The highest BCUT2D eigenvalue weighted by molar-refractivity contribution is 6.04. The van der Waals surface area contributed by atoms with E-state index in [2.05, 4.69) is 10.1 Å². The van der Waals surface area contributed by atoms with Crippen molar-refractivity contribution in [3.05, 3.63) is 71.4 Å². The van der Waals surface area contributed by atoms with Gasteiger partial charge in [-0.2, -0.15) is 0 Å². The lowest BCUT2D eigenvalue weighted by Crippen LogP contribution is -2.52. The minimum Gasteiger partial charge on any atom is -0.367 e. The molecule has 1 aliphatic rings. The summed E-state index contributed by atoms with van der Waals surface area (Å²) in [5, 5.41) is 3.99. The van der Waals surface area contributed by atoms with Crippen molar-refractivity contribution in [3.63, 3.8) is 0 Å². The van der Waals surface area contributed by atoms with E-state index in [0.29, 0.717) is 80.9 Å². The van der Waals surface area contributed by atoms with Gasteiger partial charge >= 0.3 is 6.03 Å². The van der Waals surface area contributed by atoms with Crippen LogP contribution >= 0.6 is 0 Å². The zero-order valence-corrected chi connectivity index (χ0v) is 25.6. The predicted octanol–water partition coefficient (Wildman–Crippen LogP) is 5.64. The summed E-state index contributed by atoms with van der Waals surface area (Å²) in [4.78, 5) is 36.4. The summed E-state index contributed by atoms with van der Waals surface area (Å²) in [6, 6.07) is 14.2. The Morgan fingerprint density at radius 1 is 0.905 bits per heavy atom. The highest BCUT2D eigenvalue weighted by atomic mass is 19.1. The number of hydrogen-bond donors (Lipinski definition) is 0. The highest BCUT2D eigenvalue weighted by Crippen LogP contribution is 2.31. The van der Waals surface area contributed by atoms with Gasteiger partial charge in [0.15, 0.2) is 5.76 Å². The third-order valence-corrected chi connectivity index (χ3v) is 8.05. The number of amides is 3. The molecule has 0 bridgehead atoms. The van der Waals surface area contributed by atoms with Crippen LogP contribution < -0.4 is 14.7 Å². The average molecular weight is 579 g/mol. The fourth-order valence-electron chi connectivity index (χ4n) is 5.82. The zero-order chi connectivity index (χ0) is 30.4. The molecule has 0 N–H and O–H groups in total. The maximum absolute atomic E-state index is 15.6. The van der Waals surface area contributed by atoms with Crippen LogP contribution in [-0.4, -0.2) is 79.3 Å². The molecule has 1 atom stereocenters. The van der Waals surface area contributed by atoms with E-state index in [4.69, 9.17) is 4.52 Å². The second-order valence-corrected chi connectivity index (χ2v) is 10.4. The number of carbonyl (C=O) groups excluding carboxylic acids is 2. The summed E-state index contributed by atoms with van der Waals surface area (Å²) >= 11 is 0. The average Bonchev–Trinajstić information content (AvgIpc) is 3.33. The summed E-state index contributed by atoms with van der Waals surface area (Å²) in [7, 11) is 0. The smallest absolute Gasteiger partial charge is 0.329 e. The van der Waals surface area contributed by atoms with Crippen LogP contribution in [0.15, 0.2) is 53.1 Å². The van der Waals surface area contributed by atoms with Crippen molar-refractivity contribution >= 4 is 29.0 Å². The van der Waals surface area contributed by atoms with E-state index in [1.807, 2.05) is 67.8 Å². The maximum atomic E-state index is 15.6. The molecule has 9 nitrogen and oxygen atoms in total. The number of aromatic nitrogens is 1. The number of benzene rings is 2. The molecule has 42 heavy (non-hydrogen) atoms. The summed E-state index contributed by atoms with van der Waals surface area (Å²) in [5.41, 5.74) is 3.23. The molecule has 0 radical (unpaired) electrons. The van der Waals surface area contributed by atoms with Gasteiger partial charge in [0, 0.05) is 58.0 Å². The second kappa shape index (κ2) is 13.8. The van der Waals surface area contributed by atoms with Gasteiger partial charge in [-0.25, -0.2) is 9.18 Å². The molecule has 1 aromatic heterocycles. The molecule has 2 aromatic carbocycles. The molecule has 10 heteroatoms. The first-order valence-corrected chi connectivity index (χ1v) is 14.9. The maximum Gasteiger partial charge on any atom is 0.329 e. The minimum atomic E-state index is -0.383. The van der Waals surface area contributed by atoms with Crippen LogP contribution in [0.4, 0.5) is 26.2 Å². The quantitative estimate of drug-likeness (QED) is 0.310. The molecule has 3 amide bonds. The highest BCUT2D eigenvalue weighted by Gasteiger charge is 2.33. The van der Waals surface area contributed by atoms with Crippen LogP contribution in [0.2, 0.25) is 0 Å². The largest absolute Gasteiger partial charge is 0.367 e. The second-order valence-electron chi connectivity index (χ2n) is 10.4. The fourth-order valence-corrected chi connectivity index (χ4v) is 5.82. The van der Waals surface area contributed by atoms with E-state index >= 15 is 4.39 Å². The molecule has 0 saturated carbocycles. The van der Waals surface area contributed by atoms with Gasteiger partial charge < -0.3 is 14.3 Å². The molecule has 0 aliphatic carbocycles. The van der Waals surface area contributed by atoms with Gasteiger partial charge in [-0.05, 0) is 65.3 Å². The van der Waals surface area contributed by atoms with Crippen molar-refractivity contribution in [2.45, 2.75) is 47.6 Å². The van der Waals surface area contributed by atoms with E-state index < -0.39 is 0 Å². The number of piperazine rings is 1. The normalized spacial score (nSPS) is 14.5. The number of likely N-dealkylation sites (N-methyl/N-ethyl adjacent to an activating group) is 1. The Bertz CT molecular complexity index is 1330. The van der Waals surface area contributed by atoms with Crippen molar-refractivity contribution in [3.8, 4) is 0 Å². The van der Waals surface area contributed by atoms with Crippen LogP contribution in [0.25, 0.3) is 0 Å². The predicted molar refractivity (Wildman–Crippen MR) is 165 cm³/mol. The Kier molecular flexibility index (Phi) is 10.2. The number of aryl methyl sites for hydroxylation is 2. The third kappa shape index (κ3) is 6.28. The fraction of sp³-hybridized carbons (Fsp3) is 0.469. The lowest BCUT2D eigenvalue weighted by Gasteiger charge is -2.41. The molecule has 4 rings (SSSR count). The van der Waals surface area contributed by atoms with E-state index in [1.165, 1.54) is 6.07 Å². The van der Waals surface area contributed by atoms with Crippen molar-refractivity contribution in [2.75, 3.05) is 67.1 Å².